The molecule has 0 bridgehead atoms. The van der Waals surface area contributed by atoms with Crippen LogP contribution in [0.4, 0.5) is 0 Å². The van der Waals surface area contributed by atoms with Crippen molar-refractivity contribution in [3.05, 3.63) is 80.8 Å². The smallest absolute Gasteiger partial charge is 0.267 e. The molecular formula is C19H15BrN4O. The number of benzene rings is 2. The molecule has 2 aromatic heterocycles. The second-order valence-electron chi connectivity index (χ2n) is 5.89. The van der Waals surface area contributed by atoms with Crippen LogP contribution in [0.1, 0.15) is 11.4 Å². The molecule has 5 nitrogen and oxygen atoms in total. The molecule has 0 saturated heterocycles. The van der Waals surface area contributed by atoms with Gasteiger partial charge in [-0.15, -0.1) is 0 Å². The van der Waals surface area contributed by atoms with E-state index in [0.29, 0.717) is 16.9 Å². The van der Waals surface area contributed by atoms with Gasteiger partial charge in [0.1, 0.15) is 0 Å². The Morgan fingerprint density at radius 1 is 1.00 bits per heavy atom. The van der Waals surface area contributed by atoms with Crippen LogP contribution in [0.3, 0.4) is 0 Å². The molecule has 0 spiro atoms. The number of halogens is 1. The maximum atomic E-state index is 13.3. The van der Waals surface area contributed by atoms with Crippen LogP contribution in [-0.2, 0) is 0 Å². The molecule has 4 rings (SSSR count). The van der Waals surface area contributed by atoms with Crippen molar-refractivity contribution in [1.82, 2.24) is 19.3 Å². The number of aryl methyl sites for hydroxylation is 2. The summed E-state index contributed by atoms with van der Waals surface area (Å²) in [6, 6.07) is 17.0. The standard InChI is InChI=1S/C19H15BrN4O/c1-12-10-13(2)24(22-12)19-21-17-9-8-14(20)11-16(17)18(25)23(19)15-6-4-3-5-7-15/h3-11H,1-2H3. The fourth-order valence-corrected chi connectivity index (χ4v) is 3.29. The number of para-hydroxylation sites is 1. The lowest BCUT2D eigenvalue weighted by atomic mass is 10.2. The fourth-order valence-electron chi connectivity index (χ4n) is 2.93. The van der Waals surface area contributed by atoms with Gasteiger partial charge < -0.3 is 0 Å². The topological polar surface area (TPSA) is 52.7 Å². The van der Waals surface area contributed by atoms with Gasteiger partial charge in [0.25, 0.3) is 5.56 Å². The van der Waals surface area contributed by atoms with Crippen molar-refractivity contribution in [3.8, 4) is 11.6 Å². The zero-order valence-corrected chi connectivity index (χ0v) is 15.4. The van der Waals surface area contributed by atoms with E-state index in [1.54, 1.807) is 15.3 Å². The summed E-state index contributed by atoms with van der Waals surface area (Å²) in [5.74, 6) is 0.483. The third kappa shape index (κ3) is 2.68. The van der Waals surface area contributed by atoms with Crippen LogP contribution in [0.5, 0.6) is 0 Å². The van der Waals surface area contributed by atoms with Gasteiger partial charge in [-0.2, -0.15) is 5.10 Å². The average Bonchev–Trinajstić information content (AvgIpc) is 2.94. The van der Waals surface area contributed by atoms with Crippen molar-refractivity contribution in [2.45, 2.75) is 13.8 Å². The Morgan fingerprint density at radius 2 is 1.76 bits per heavy atom. The van der Waals surface area contributed by atoms with Crippen molar-refractivity contribution in [1.29, 1.82) is 0 Å². The molecule has 2 aromatic carbocycles. The van der Waals surface area contributed by atoms with Gasteiger partial charge in [-0.1, -0.05) is 34.1 Å². The molecule has 2 heterocycles. The van der Waals surface area contributed by atoms with E-state index in [1.807, 2.05) is 62.4 Å². The molecule has 0 amide bonds. The van der Waals surface area contributed by atoms with Gasteiger partial charge in [-0.3, -0.25) is 4.79 Å². The normalized spacial score (nSPS) is 11.2. The number of nitrogens with zero attached hydrogens (tertiary/aromatic N) is 4. The predicted molar refractivity (Wildman–Crippen MR) is 102 cm³/mol. The molecular weight excluding hydrogens is 380 g/mol. The van der Waals surface area contributed by atoms with Gasteiger partial charge in [0.2, 0.25) is 5.95 Å². The van der Waals surface area contributed by atoms with Crippen LogP contribution in [0.15, 0.2) is 63.9 Å². The van der Waals surface area contributed by atoms with Crippen LogP contribution in [-0.4, -0.2) is 19.3 Å². The highest BCUT2D eigenvalue weighted by molar-refractivity contribution is 9.10. The van der Waals surface area contributed by atoms with Gasteiger partial charge in [0.05, 0.1) is 22.3 Å². The molecule has 124 valence electrons. The summed E-state index contributed by atoms with van der Waals surface area (Å²) in [7, 11) is 0. The number of fused-ring (bicyclic) bond motifs is 1. The minimum absolute atomic E-state index is 0.125. The largest absolute Gasteiger partial charge is 0.268 e. The van der Waals surface area contributed by atoms with E-state index < -0.39 is 0 Å². The lowest BCUT2D eigenvalue weighted by molar-refractivity contribution is 0.736. The summed E-state index contributed by atoms with van der Waals surface area (Å²) in [4.78, 5) is 18.0. The van der Waals surface area contributed by atoms with E-state index in [2.05, 4.69) is 21.0 Å². The quantitative estimate of drug-likeness (QED) is 0.517. The summed E-state index contributed by atoms with van der Waals surface area (Å²) < 4.78 is 4.16. The lowest BCUT2D eigenvalue weighted by Gasteiger charge is -2.14. The first-order valence-corrected chi connectivity index (χ1v) is 8.65. The zero-order valence-electron chi connectivity index (χ0n) is 13.8. The van der Waals surface area contributed by atoms with Crippen molar-refractivity contribution in [2.24, 2.45) is 0 Å². The summed E-state index contributed by atoms with van der Waals surface area (Å²) in [5.41, 5.74) is 3.07. The number of hydrogen-bond donors (Lipinski definition) is 0. The summed E-state index contributed by atoms with van der Waals surface area (Å²) in [5, 5.41) is 5.08. The van der Waals surface area contributed by atoms with E-state index >= 15 is 0 Å². The highest BCUT2D eigenvalue weighted by atomic mass is 79.9. The van der Waals surface area contributed by atoms with Crippen LogP contribution in [0, 0.1) is 13.8 Å². The van der Waals surface area contributed by atoms with E-state index in [4.69, 9.17) is 4.98 Å². The minimum Gasteiger partial charge on any atom is -0.268 e. The second-order valence-corrected chi connectivity index (χ2v) is 6.80. The summed E-state index contributed by atoms with van der Waals surface area (Å²) in [6.07, 6.45) is 0. The van der Waals surface area contributed by atoms with Gasteiger partial charge >= 0.3 is 0 Å². The fraction of sp³-hybridized carbons (Fsp3) is 0.105. The first kappa shape index (κ1) is 15.8. The van der Waals surface area contributed by atoms with E-state index in [1.165, 1.54) is 0 Å². The Bertz CT molecular complexity index is 1150. The van der Waals surface area contributed by atoms with Gasteiger partial charge in [-0.25, -0.2) is 14.2 Å². The summed E-state index contributed by atoms with van der Waals surface area (Å²) >= 11 is 3.43. The maximum Gasteiger partial charge on any atom is 0.267 e. The molecule has 0 atom stereocenters. The lowest BCUT2D eigenvalue weighted by Crippen LogP contribution is -2.25. The van der Waals surface area contributed by atoms with Crippen molar-refractivity contribution in [2.75, 3.05) is 0 Å². The molecule has 0 N–H and O–H groups in total. The van der Waals surface area contributed by atoms with Crippen molar-refractivity contribution < 1.29 is 0 Å². The minimum atomic E-state index is -0.125. The van der Waals surface area contributed by atoms with Gasteiger partial charge in [-0.05, 0) is 50.2 Å². The first-order chi connectivity index (χ1) is 12.0. The van der Waals surface area contributed by atoms with E-state index in [9.17, 15) is 4.79 Å². The molecule has 0 aliphatic carbocycles. The molecule has 0 fully saturated rings. The third-order valence-corrected chi connectivity index (χ3v) is 4.52. The summed E-state index contributed by atoms with van der Waals surface area (Å²) in [6.45, 7) is 3.87. The number of hydrogen-bond acceptors (Lipinski definition) is 3. The molecule has 0 unspecified atom stereocenters. The highest BCUT2D eigenvalue weighted by Gasteiger charge is 2.16. The number of rotatable bonds is 2. The Balaban J connectivity index is 2.15. The maximum absolute atomic E-state index is 13.3. The average molecular weight is 395 g/mol. The Morgan fingerprint density at radius 3 is 2.44 bits per heavy atom. The second kappa shape index (κ2) is 5.97. The zero-order chi connectivity index (χ0) is 17.6. The van der Waals surface area contributed by atoms with E-state index in [0.717, 1.165) is 21.5 Å². The highest BCUT2D eigenvalue weighted by Crippen LogP contribution is 2.20. The Hall–Kier alpha value is -2.73. The molecule has 0 aliphatic heterocycles. The van der Waals surface area contributed by atoms with Crippen LogP contribution >= 0.6 is 15.9 Å². The molecule has 6 heteroatoms. The Kier molecular flexibility index (Phi) is 3.77. The van der Waals surface area contributed by atoms with Crippen LogP contribution in [0.25, 0.3) is 22.5 Å². The van der Waals surface area contributed by atoms with Gasteiger partial charge in [0, 0.05) is 10.2 Å². The Labute approximate surface area is 152 Å². The molecule has 25 heavy (non-hydrogen) atoms. The molecule has 4 aromatic rings. The number of aromatic nitrogens is 4. The van der Waals surface area contributed by atoms with Crippen LogP contribution < -0.4 is 5.56 Å². The SMILES string of the molecule is Cc1cc(C)n(-c2nc3ccc(Br)cc3c(=O)n2-c2ccccc2)n1. The molecule has 0 saturated carbocycles. The third-order valence-electron chi connectivity index (χ3n) is 4.03. The van der Waals surface area contributed by atoms with Crippen LogP contribution in [0.2, 0.25) is 0 Å². The monoisotopic (exact) mass is 394 g/mol. The van der Waals surface area contributed by atoms with Crippen molar-refractivity contribution >= 4 is 26.8 Å². The molecule has 0 aliphatic rings. The molecule has 0 radical (unpaired) electrons. The van der Waals surface area contributed by atoms with Gasteiger partial charge in [0.15, 0.2) is 0 Å². The first-order valence-electron chi connectivity index (χ1n) is 7.86. The van der Waals surface area contributed by atoms with Crippen molar-refractivity contribution in [3.63, 3.8) is 0 Å². The predicted octanol–water partition coefficient (Wildman–Crippen LogP) is 3.95. The van der Waals surface area contributed by atoms with E-state index in [-0.39, 0.29) is 5.56 Å².